The Balaban J connectivity index is 1.44. The summed E-state index contributed by atoms with van der Waals surface area (Å²) in [6.07, 6.45) is 0. The van der Waals surface area contributed by atoms with E-state index in [2.05, 4.69) is 54.2 Å². The van der Waals surface area contributed by atoms with Crippen LogP contribution in [0, 0.1) is 11.3 Å². The van der Waals surface area contributed by atoms with Crippen LogP contribution < -0.4 is 0 Å². The molecule has 138 valence electrons. The molecule has 26 heavy (non-hydrogen) atoms. The molecule has 1 spiro atoms. The quantitative estimate of drug-likeness (QED) is 0.811. The fraction of sp³-hybridized carbons (Fsp3) is 0.476. The predicted octanol–water partition coefficient (Wildman–Crippen LogP) is 2.88. The average molecular weight is 370 g/mol. The molecule has 2 saturated heterocycles. The molecule has 1 aromatic heterocycles. The van der Waals surface area contributed by atoms with Crippen LogP contribution in [0.4, 0.5) is 0 Å². The summed E-state index contributed by atoms with van der Waals surface area (Å²) in [6.45, 7) is 6.10. The number of nitrogens with zero attached hydrogens (tertiary/aromatic N) is 3. The number of likely N-dealkylation sites (tertiary alicyclic amines) is 2. The Bertz CT molecular complexity index is 738. The van der Waals surface area contributed by atoms with Crippen LogP contribution >= 0.6 is 11.3 Å². The molecule has 5 heteroatoms. The van der Waals surface area contributed by atoms with Gasteiger partial charge in [0.15, 0.2) is 0 Å². The SMILES string of the molecule is CN(C)CC1CN(Cc2ccccc2)CC12CN(C(=O)c1cccs1)C2. The van der Waals surface area contributed by atoms with Crippen molar-refractivity contribution in [3.05, 3.63) is 58.3 Å². The number of benzene rings is 1. The summed E-state index contributed by atoms with van der Waals surface area (Å²) in [5.41, 5.74) is 1.63. The molecule has 0 radical (unpaired) electrons. The first-order valence-electron chi connectivity index (χ1n) is 9.29. The highest BCUT2D eigenvalue weighted by molar-refractivity contribution is 7.12. The number of thiophene rings is 1. The first kappa shape index (κ1) is 17.7. The van der Waals surface area contributed by atoms with Crippen molar-refractivity contribution in [3.63, 3.8) is 0 Å². The number of hydrogen-bond donors (Lipinski definition) is 0. The lowest BCUT2D eigenvalue weighted by atomic mass is 9.71. The predicted molar refractivity (Wildman–Crippen MR) is 106 cm³/mol. The van der Waals surface area contributed by atoms with E-state index in [1.54, 1.807) is 11.3 Å². The van der Waals surface area contributed by atoms with Gasteiger partial charge in [0.25, 0.3) is 5.91 Å². The second kappa shape index (κ2) is 7.14. The number of rotatable bonds is 5. The van der Waals surface area contributed by atoms with E-state index in [4.69, 9.17) is 0 Å². The Hall–Kier alpha value is -1.69. The van der Waals surface area contributed by atoms with Crippen molar-refractivity contribution < 1.29 is 4.79 Å². The molecule has 3 heterocycles. The van der Waals surface area contributed by atoms with Gasteiger partial charge >= 0.3 is 0 Å². The van der Waals surface area contributed by atoms with E-state index < -0.39 is 0 Å². The topological polar surface area (TPSA) is 26.8 Å². The van der Waals surface area contributed by atoms with Crippen molar-refractivity contribution in [2.45, 2.75) is 6.54 Å². The lowest BCUT2D eigenvalue weighted by Gasteiger charge is -2.51. The van der Waals surface area contributed by atoms with Gasteiger partial charge < -0.3 is 9.80 Å². The number of carbonyl (C=O) groups is 1. The van der Waals surface area contributed by atoms with Gasteiger partial charge in [-0.15, -0.1) is 11.3 Å². The van der Waals surface area contributed by atoms with Crippen molar-refractivity contribution in [3.8, 4) is 0 Å². The van der Waals surface area contributed by atoms with Crippen molar-refractivity contribution in [2.24, 2.45) is 11.3 Å². The second-order valence-corrected chi connectivity index (χ2v) is 9.06. The Labute approximate surface area is 160 Å². The van der Waals surface area contributed by atoms with Gasteiger partial charge in [0.2, 0.25) is 0 Å². The Morgan fingerprint density at radius 2 is 1.92 bits per heavy atom. The van der Waals surface area contributed by atoms with E-state index in [1.807, 2.05) is 22.4 Å². The number of hydrogen-bond acceptors (Lipinski definition) is 4. The average Bonchev–Trinajstić information content (AvgIpc) is 3.21. The summed E-state index contributed by atoms with van der Waals surface area (Å²) in [5, 5.41) is 1.98. The van der Waals surface area contributed by atoms with Crippen molar-refractivity contribution in [1.29, 1.82) is 0 Å². The Morgan fingerprint density at radius 3 is 2.58 bits per heavy atom. The van der Waals surface area contributed by atoms with Gasteiger partial charge in [-0.3, -0.25) is 9.69 Å². The van der Waals surface area contributed by atoms with E-state index in [9.17, 15) is 4.79 Å². The normalized spacial score (nSPS) is 22.1. The molecule has 1 atom stereocenters. The molecule has 1 aromatic carbocycles. The highest BCUT2D eigenvalue weighted by Gasteiger charge is 2.55. The van der Waals surface area contributed by atoms with Gasteiger partial charge in [0, 0.05) is 44.7 Å². The molecule has 1 unspecified atom stereocenters. The van der Waals surface area contributed by atoms with Crippen LogP contribution in [-0.2, 0) is 6.54 Å². The van der Waals surface area contributed by atoms with Crippen LogP contribution in [0.5, 0.6) is 0 Å². The third kappa shape index (κ3) is 3.43. The molecular weight excluding hydrogens is 342 g/mol. The number of carbonyl (C=O) groups excluding carboxylic acids is 1. The first-order valence-corrected chi connectivity index (χ1v) is 10.2. The Kier molecular flexibility index (Phi) is 4.86. The molecule has 4 rings (SSSR count). The lowest BCUT2D eigenvalue weighted by Crippen LogP contribution is -2.63. The van der Waals surface area contributed by atoms with Gasteiger partial charge in [-0.05, 0) is 37.0 Å². The highest BCUT2D eigenvalue weighted by atomic mass is 32.1. The van der Waals surface area contributed by atoms with Crippen LogP contribution in [0.3, 0.4) is 0 Å². The number of amides is 1. The minimum Gasteiger partial charge on any atom is -0.337 e. The van der Waals surface area contributed by atoms with Gasteiger partial charge in [-0.1, -0.05) is 36.4 Å². The smallest absolute Gasteiger partial charge is 0.263 e. The molecule has 0 N–H and O–H groups in total. The molecular formula is C21H27N3OS. The third-order valence-corrected chi connectivity index (χ3v) is 6.61. The maximum absolute atomic E-state index is 12.6. The van der Waals surface area contributed by atoms with Crippen LogP contribution in [0.2, 0.25) is 0 Å². The highest BCUT2D eigenvalue weighted by Crippen LogP contribution is 2.45. The van der Waals surface area contributed by atoms with Gasteiger partial charge in [0.05, 0.1) is 4.88 Å². The molecule has 4 nitrogen and oxygen atoms in total. The summed E-state index contributed by atoms with van der Waals surface area (Å²) < 4.78 is 0. The summed E-state index contributed by atoms with van der Waals surface area (Å²) in [5.74, 6) is 0.823. The molecule has 1 amide bonds. The molecule has 0 saturated carbocycles. The largest absolute Gasteiger partial charge is 0.337 e. The maximum atomic E-state index is 12.6. The van der Waals surface area contributed by atoms with Gasteiger partial charge in [-0.25, -0.2) is 0 Å². The molecule has 0 aliphatic carbocycles. The summed E-state index contributed by atoms with van der Waals surface area (Å²) in [7, 11) is 4.31. The van der Waals surface area contributed by atoms with Crippen LogP contribution in [0.15, 0.2) is 47.8 Å². The Morgan fingerprint density at radius 1 is 1.15 bits per heavy atom. The first-order chi connectivity index (χ1) is 12.6. The van der Waals surface area contributed by atoms with Crippen LogP contribution in [0.25, 0.3) is 0 Å². The van der Waals surface area contributed by atoms with Crippen molar-refractivity contribution >= 4 is 17.2 Å². The van der Waals surface area contributed by atoms with E-state index in [0.717, 1.165) is 44.1 Å². The van der Waals surface area contributed by atoms with Gasteiger partial charge in [0.1, 0.15) is 0 Å². The van der Waals surface area contributed by atoms with E-state index >= 15 is 0 Å². The molecule has 0 bridgehead atoms. The second-order valence-electron chi connectivity index (χ2n) is 8.12. The zero-order valence-electron chi connectivity index (χ0n) is 15.6. The molecule has 2 aliphatic rings. The van der Waals surface area contributed by atoms with E-state index in [-0.39, 0.29) is 11.3 Å². The fourth-order valence-electron chi connectivity index (χ4n) is 4.57. The summed E-state index contributed by atoms with van der Waals surface area (Å²) >= 11 is 1.54. The maximum Gasteiger partial charge on any atom is 0.263 e. The minimum atomic E-state index is 0.204. The summed E-state index contributed by atoms with van der Waals surface area (Å²) in [6, 6.07) is 14.6. The molecule has 2 fully saturated rings. The van der Waals surface area contributed by atoms with Gasteiger partial charge in [-0.2, -0.15) is 0 Å². The van der Waals surface area contributed by atoms with Crippen molar-refractivity contribution in [1.82, 2.24) is 14.7 Å². The minimum absolute atomic E-state index is 0.204. The summed E-state index contributed by atoms with van der Waals surface area (Å²) in [4.78, 5) is 20.4. The monoisotopic (exact) mass is 369 g/mol. The lowest BCUT2D eigenvalue weighted by molar-refractivity contribution is -0.0151. The van der Waals surface area contributed by atoms with E-state index in [0.29, 0.717) is 5.92 Å². The van der Waals surface area contributed by atoms with Crippen molar-refractivity contribution in [2.75, 3.05) is 46.8 Å². The standard InChI is InChI=1S/C21H27N3OS/c1-22(2)12-18-13-23(11-17-7-4-3-5-8-17)14-21(18)15-24(16-21)20(25)19-9-6-10-26-19/h3-10,18H,11-16H2,1-2H3. The van der Waals surface area contributed by atoms with Crippen LogP contribution in [0.1, 0.15) is 15.2 Å². The van der Waals surface area contributed by atoms with E-state index in [1.165, 1.54) is 5.56 Å². The fourth-order valence-corrected chi connectivity index (χ4v) is 5.26. The van der Waals surface area contributed by atoms with Crippen LogP contribution in [-0.4, -0.2) is 67.4 Å². The molecule has 2 aliphatic heterocycles. The zero-order valence-corrected chi connectivity index (χ0v) is 16.4. The third-order valence-electron chi connectivity index (χ3n) is 5.75. The zero-order chi connectivity index (χ0) is 18.1. The molecule has 2 aromatic rings.